The summed E-state index contributed by atoms with van der Waals surface area (Å²) < 4.78 is 0. The highest BCUT2D eigenvalue weighted by Gasteiger charge is 2.24. The van der Waals surface area contributed by atoms with Crippen LogP contribution in [-0.4, -0.2) is 0 Å². The summed E-state index contributed by atoms with van der Waals surface area (Å²) in [5.41, 5.74) is 28.2. The Balaban J connectivity index is 0.000000118. The largest absolute Gasteiger partial charge is 0.311 e. The van der Waals surface area contributed by atoms with E-state index in [2.05, 4.69) is 494 Å². The number of anilines is 9. The summed E-state index contributed by atoms with van der Waals surface area (Å²) in [5.74, 6) is 1.38. The molecular formula is C126H101N3. The second-order valence-electron chi connectivity index (χ2n) is 34.8. The fourth-order valence-electron chi connectivity index (χ4n) is 19.7. The highest BCUT2D eigenvalue weighted by Crippen LogP contribution is 2.47. The molecule has 23 rings (SSSR count). The Morgan fingerprint density at radius 1 is 0.140 bits per heavy atom. The molecule has 0 N–H and O–H groups in total. The van der Waals surface area contributed by atoms with Crippen LogP contribution in [0.4, 0.5) is 51.2 Å². The first-order valence-corrected chi connectivity index (χ1v) is 46.1. The quantitative estimate of drug-likeness (QED) is 0.0900. The molecule has 0 heterocycles. The van der Waals surface area contributed by atoms with Crippen LogP contribution in [0.15, 0.2) is 479 Å². The van der Waals surface area contributed by atoms with Crippen molar-refractivity contribution in [3.8, 4) is 66.8 Å². The lowest BCUT2D eigenvalue weighted by molar-refractivity contribution is 0.443. The van der Waals surface area contributed by atoms with E-state index >= 15 is 0 Å². The van der Waals surface area contributed by atoms with E-state index < -0.39 is 0 Å². The van der Waals surface area contributed by atoms with Crippen molar-refractivity contribution in [2.75, 3.05) is 14.7 Å². The van der Waals surface area contributed by atoms with Gasteiger partial charge in [0, 0.05) is 51.1 Å². The Hall–Kier alpha value is -15.4. The maximum absolute atomic E-state index is 2.45. The van der Waals surface area contributed by atoms with Crippen molar-refractivity contribution in [1.29, 1.82) is 0 Å². The highest BCUT2D eigenvalue weighted by atomic mass is 15.2. The normalized spacial score (nSPS) is 12.9. The molecule has 3 nitrogen and oxygen atoms in total. The fraction of sp³-hybridized carbons (Fsp3) is 0.0952. The number of hydrogen-bond donors (Lipinski definition) is 0. The van der Waals surface area contributed by atoms with Crippen LogP contribution in [0.1, 0.15) is 87.2 Å². The number of nitrogens with zero attached hydrogens (tertiary/aromatic N) is 3. The molecule has 21 aromatic rings. The molecule has 3 heteroatoms. The van der Waals surface area contributed by atoms with E-state index in [1.807, 2.05) is 0 Å². The van der Waals surface area contributed by atoms with Crippen LogP contribution in [0.25, 0.3) is 131 Å². The van der Waals surface area contributed by atoms with Gasteiger partial charge in [-0.2, -0.15) is 0 Å². The van der Waals surface area contributed by atoms with Crippen LogP contribution >= 0.6 is 0 Å². The SMILES string of the molecule is c1ccc(-c2ccc(N(c3ccc(C4CCCCC4)cc3)c3cc4ccccc4cc3-c3ccc4ccccc4c3)cc2)cc1.c1ccc(-c2ccc(N(c3ccc(C4CCCCC4)cc3)c3ccc4ccc(-c5ccc6ccccc6c5)cc4c3)cc2)cc1.c1ccc(N(c2ccccc2)c2ccc(-c3ccc4cc(-c5ccc6ccccc6c5)ccc4c3)cc2)cc1. The van der Waals surface area contributed by atoms with Crippen LogP contribution in [0.3, 0.4) is 0 Å². The lowest BCUT2D eigenvalue weighted by Gasteiger charge is -2.29. The fourth-order valence-corrected chi connectivity index (χ4v) is 19.7. The molecule has 0 radical (unpaired) electrons. The van der Waals surface area contributed by atoms with E-state index in [4.69, 9.17) is 0 Å². The number of fused-ring (bicyclic) bond motifs is 6. The zero-order chi connectivity index (χ0) is 86.0. The lowest BCUT2D eigenvalue weighted by Crippen LogP contribution is -2.12. The van der Waals surface area contributed by atoms with Crippen molar-refractivity contribution in [3.63, 3.8) is 0 Å². The minimum atomic E-state index is 0.681. The zero-order valence-electron chi connectivity index (χ0n) is 72.7. The summed E-state index contributed by atoms with van der Waals surface area (Å²) in [5, 5.41) is 15.1. The van der Waals surface area contributed by atoms with Gasteiger partial charge in [-0.25, -0.2) is 0 Å². The van der Waals surface area contributed by atoms with E-state index in [0.717, 1.165) is 34.1 Å². The van der Waals surface area contributed by atoms with Crippen molar-refractivity contribution in [2.24, 2.45) is 0 Å². The topological polar surface area (TPSA) is 9.72 Å². The van der Waals surface area contributed by atoms with Gasteiger partial charge in [-0.3, -0.25) is 0 Å². The van der Waals surface area contributed by atoms with Gasteiger partial charge in [-0.05, 0) is 320 Å². The molecule has 0 saturated heterocycles. The molecule has 129 heavy (non-hydrogen) atoms. The van der Waals surface area contributed by atoms with Gasteiger partial charge < -0.3 is 14.7 Å². The summed E-state index contributed by atoms with van der Waals surface area (Å²) in [6, 6.07) is 175. The molecule has 2 aliphatic rings. The van der Waals surface area contributed by atoms with E-state index in [1.165, 1.54) is 224 Å². The summed E-state index contributed by atoms with van der Waals surface area (Å²) in [7, 11) is 0. The van der Waals surface area contributed by atoms with Gasteiger partial charge in [0.15, 0.2) is 0 Å². The Morgan fingerprint density at radius 2 is 0.372 bits per heavy atom. The van der Waals surface area contributed by atoms with E-state index in [1.54, 1.807) is 0 Å². The van der Waals surface area contributed by atoms with Gasteiger partial charge in [0.05, 0.1) is 5.69 Å². The molecule has 0 unspecified atom stereocenters. The standard InChI is InChI=1S/2C44H37N.C38H27N/c1-3-11-32(12-4-1)35-21-25-41(26-22-35)45(42-27-23-36(24-28-42)33-13-5-2-6-14-33)44-31-39-18-10-9-17-38(39)30-43(44)40-20-19-34-15-7-8-16-37(34)29-40;1-3-9-32(10-4-1)35-19-24-42(25-20-35)45(43-26-21-36(22-27-43)33-11-5-2-6-12-33)44-28-23-37-16-18-40(30-41(37)31-44)39-17-15-34-13-7-8-14-38(34)29-39;1-3-11-36(12-4-1)39(37-13-5-2-6-14-37)38-23-21-29(22-24-38)31-17-18-34-27-35(20-19-33(34)26-31)32-16-15-28-9-7-8-10-30(28)25-32/h1,3-4,7-12,15-31,33H,2,5-6,13-14H2;1,3-4,7-10,13-31,33H,2,5-6,11-12H2;1-27H. The van der Waals surface area contributed by atoms with Gasteiger partial charge in [0.25, 0.3) is 0 Å². The third-order valence-electron chi connectivity index (χ3n) is 26.7. The van der Waals surface area contributed by atoms with Gasteiger partial charge in [-0.1, -0.05) is 372 Å². The minimum Gasteiger partial charge on any atom is -0.311 e. The molecule has 2 saturated carbocycles. The Labute approximate surface area is 758 Å². The van der Waals surface area contributed by atoms with Gasteiger partial charge in [0.1, 0.15) is 0 Å². The first kappa shape index (κ1) is 80.7. The predicted octanol–water partition coefficient (Wildman–Crippen LogP) is 36.5. The van der Waals surface area contributed by atoms with Crippen LogP contribution < -0.4 is 14.7 Å². The van der Waals surface area contributed by atoms with Gasteiger partial charge >= 0.3 is 0 Å². The monoisotopic (exact) mass is 1660 g/mol. The first-order valence-electron chi connectivity index (χ1n) is 46.1. The second-order valence-corrected chi connectivity index (χ2v) is 34.8. The smallest absolute Gasteiger partial charge is 0.0546 e. The van der Waals surface area contributed by atoms with Crippen molar-refractivity contribution in [2.45, 2.75) is 76.0 Å². The predicted molar refractivity (Wildman–Crippen MR) is 553 cm³/mol. The maximum Gasteiger partial charge on any atom is 0.0546 e. The summed E-state index contributed by atoms with van der Waals surface area (Å²) >= 11 is 0. The van der Waals surface area contributed by atoms with Crippen molar-refractivity contribution in [3.05, 3.63) is 490 Å². The minimum absolute atomic E-state index is 0.681. The lowest BCUT2D eigenvalue weighted by atomic mass is 9.84. The van der Waals surface area contributed by atoms with E-state index in [0.29, 0.717) is 11.8 Å². The Morgan fingerprint density at radius 3 is 0.767 bits per heavy atom. The van der Waals surface area contributed by atoms with E-state index in [9.17, 15) is 0 Å². The van der Waals surface area contributed by atoms with Crippen molar-refractivity contribution in [1.82, 2.24) is 0 Å². The molecule has 620 valence electrons. The highest BCUT2D eigenvalue weighted by molar-refractivity contribution is 6.02. The third kappa shape index (κ3) is 17.9. The first-order chi connectivity index (χ1) is 63.9. The Bertz CT molecular complexity index is 7410. The van der Waals surface area contributed by atoms with E-state index in [-0.39, 0.29) is 0 Å². The molecule has 2 fully saturated rings. The molecule has 2 aliphatic carbocycles. The molecule has 0 aliphatic heterocycles. The van der Waals surface area contributed by atoms with Crippen LogP contribution in [0.5, 0.6) is 0 Å². The number of para-hydroxylation sites is 2. The number of benzene rings is 21. The number of hydrogen-bond acceptors (Lipinski definition) is 3. The molecule has 0 bridgehead atoms. The zero-order valence-corrected chi connectivity index (χ0v) is 72.7. The molecule has 21 aromatic carbocycles. The molecular weight excluding hydrogens is 1560 g/mol. The van der Waals surface area contributed by atoms with Crippen LogP contribution in [-0.2, 0) is 0 Å². The molecule has 0 spiro atoms. The summed E-state index contributed by atoms with van der Waals surface area (Å²) in [4.78, 5) is 7.15. The number of rotatable bonds is 17. The Kier molecular flexibility index (Phi) is 23.4. The van der Waals surface area contributed by atoms with Crippen molar-refractivity contribution >= 4 is 116 Å². The van der Waals surface area contributed by atoms with Crippen LogP contribution in [0, 0.1) is 0 Å². The summed E-state index contributed by atoms with van der Waals surface area (Å²) in [6.07, 6.45) is 13.4. The maximum atomic E-state index is 2.45. The van der Waals surface area contributed by atoms with Gasteiger partial charge in [-0.15, -0.1) is 0 Å². The molecule has 0 amide bonds. The second kappa shape index (κ2) is 37.4. The average molecular weight is 1660 g/mol. The van der Waals surface area contributed by atoms with Crippen molar-refractivity contribution < 1.29 is 0 Å². The van der Waals surface area contributed by atoms with Crippen LogP contribution in [0.2, 0.25) is 0 Å². The average Bonchev–Trinajstić information content (AvgIpc) is 0.732. The molecule has 0 aromatic heterocycles. The molecule has 0 atom stereocenters. The third-order valence-corrected chi connectivity index (χ3v) is 26.7. The summed E-state index contributed by atoms with van der Waals surface area (Å²) in [6.45, 7) is 0. The van der Waals surface area contributed by atoms with Gasteiger partial charge in [0.2, 0.25) is 0 Å².